The topological polar surface area (TPSA) is 74.2 Å². The molecule has 1 aromatic rings. The fraction of sp³-hybridized carbons (Fsp3) is 0.385. The molecule has 0 aromatic heterocycles. The van der Waals surface area contributed by atoms with Gasteiger partial charge in [0, 0.05) is 6.42 Å². The van der Waals surface area contributed by atoms with Gasteiger partial charge in [-0.3, -0.25) is 0 Å². The predicted molar refractivity (Wildman–Crippen MR) is 72.2 cm³/mol. The molecule has 6 nitrogen and oxygen atoms in total. The molecule has 0 N–H and O–H groups in total. The first-order valence-corrected chi connectivity index (χ1v) is 6.01. The first-order valence-electron chi connectivity index (χ1n) is 5.63. The fourth-order valence-corrected chi connectivity index (χ4v) is 1.99. The number of esters is 1. The Balaban J connectivity index is 3.13. The molecule has 1 unspecified atom stereocenters. The summed E-state index contributed by atoms with van der Waals surface area (Å²) in [5.74, 6) is 0.180. The maximum Gasteiger partial charge on any atom is 0.331 e. The first-order chi connectivity index (χ1) is 9.58. The molecule has 0 bridgehead atoms. The lowest BCUT2D eigenvalue weighted by atomic mass is 10.1. The quantitative estimate of drug-likeness (QED) is 0.455. The monoisotopic (exact) mass is 299 g/mol. The number of isocyanates is 1. The van der Waals surface area contributed by atoms with Crippen molar-refractivity contribution in [3.8, 4) is 11.5 Å². The smallest absolute Gasteiger partial charge is 0.331 e. The summed E-state index contributed by atoms with van der Waals surface area (Å²) in [7, 11) is 4.16. The number of halogens is 1. The molecule has 0 saturated heterocycles. The van der Waals surface area contributed by atoms with Crippen molar-refractivity contribution in [2.24, 2.45) is 4.99 Å². The van der Waals surface area contributed by atoms with Gasteiger partial charge in [0.25, 0.3) is 0 Å². The Kier molecular flexibility index (Phi) is 6.03. The molecule has 0 saturated carbocycles. The van der Waals surface area contributed by atoms with Crippen molar-refractivity contribution in [1.29, 1.82) is 0 Å². The van der Waals surface area contributed by atoms with E-state index >= 15 is 0 Å². The minimum Gasteiger partial charge on any atom is -0.493 e. The van der Waals surface area contributed by atoms with Crippen LogP contribution in [-0.2, 0) is 20.7 Å². The second-order valence-corrected chi connectivity index (χ2v) is 4.12. The minimum absolute atomic E-state index is 0.0983. The lowest BCUT2D eigenvalue weighted by Gasteiger charge is -2.14. The van der Waals surface area contributed by atoms with E-state index < -0.39 is 12.0 Å². The Morgan fingerprint density at radius 1 is 1.35 bits per heavy atom. The molecule has 0 amide bonds. The van der Waals surface area contributed by atoms with Crippen LogP contribution in [0.5, 0.6) is 11.5 Å². The molecular formula is C13H14ClNO5. The molecule has 20 heavy (non-hydrogen) atoms. The van der Waals surface area contributed by atoms with Crippen molar-refractivity contribution >= 4 is 23.7 Å². The van der Waals surface area contributed by atoms with Crippen molar-refractivity contribution in [2.45, 2.75) is 12.5 Å². The van der Waals surface area contributed by atoms with Gasteiger partial charge in [0.15, 0.2) is 17.5 Å². The van der Waals surface area contributed by atoms with E-state index in [9.17, 15) is 9.59 Å². The van der Waals surface area contributed by atoms with Crippen molar-refractivity contribution in [2.75, 3.05) is 21.3 Å². The molecule has 108 valence electrons. The minimum atomic E-state index is -0.992. The lowest BCUT2D eigenvalue weighted by Crippen LogP contribution is -2.22. The normalized spacial score (nSPS) is 11.2. The van der Waals surface area contributed by atoms with Crippen LogP contribution in [0.1, 0.15) is 5.56 Å². The number of benzene rings is 1. The Hall–Kier alpha value is -2.04. The molecule has 7 heteroatoms. The molecule has 0 fully saturated rings. The van der Waals surface area contributed by atoms with Gasteiger partial charge in [0.1, 0.15) is 0 Å². The average molecular weight is 300 g/mol. The van der Waals surface area contributed by atoms with E-state index in [4.69, 9.17) is 21.1 Å². The number of methoxy groups -OCH3 is 3. The average Bonchev–Trinajstić information content (AvgIpc) is 2.47. The highest BCUT2D eigenvalue weighted by Crippen LogP contribution is 2.37. The Bertz CT molecular complexity index is 540. The van der Waals surface area contributed by atoms with Crippen LogP contribution in [-0.4, -0.2) is 39.4 Å². The maximum absolute atomic E-state index is 11.5. The third-order valence-corrected chi connectivity index (χ3v) is 3.07. The van der Waals surface area contributed by atoms with Crippen LogP contribution in [0.2, 0.25) is 5.02 Å². The number of nitrogens with zero attached hydrogens (tertiary/aromatic N) is 1. The van der Waals surface area contributed by atoms with Crippen LogP contribution < -0.4 is 9.47 Å². The van der Waals surface area contributed by atoms with Gasteiger partial charge in [-0.25, -0.2) is 9.59 Å². The van der Waals surface area contributed by atoms with Gasteiger partial charge in [-0.15, -0.1) is 0 Å². The van der Waals surface area contributed by atoms with Gasteiger partial charge >= 0.3 is 5.97 Å². The van der Waals surface area contributed by atoms with E-state index in [-0.39, 0.29) is 6.42 Å². The van der Waals surface area contributed by atoms with Gasteiger partial charge in [-0.2, -0.15) is 4.99 Å². The maximum atomic E-state index is 11.5. The fourth-order valence-electron chi connectivity index (χ4n) is 1.68. The molecule has 1 atom stereocenters. The molecule has 1 aromatic carbocycles. The number of ether oxygens (including phenoxy) is 3. The standard InChI is InChI=1S/C13H14ClNO5/c1-18-10-5-4-8(11(14)12(10)19-2)6-9(15-7-16)13(17)20-3/h4-5,9H,6H2,1-3H3. The lowest BCUT2D eigenvalue weighted by molar-refractivity contribution is -0.142. The summed E-state index contributed by atoms with van der Waals surface area (Å²) in [5.41, 5.74) is 0.582. The molecule has 0 heterocycles. The van der Waals surface area contributed by atoms with E-state index in [0.717, 1.165) is 0 Å². The second kappa shape index (κ2) is 7.53. The summed E-state index contributed by atoms with van der Waals surface area (Å²) in [6.07, 6.45) is 1.45. The van der Waals surface area contributed by atoms with Crippen LogP contribution in [0, 0.1) is 0 Å². The zero-order valence-corrected chi connectivity index (χ0v) is 12.1. The zero-order valence-electron chi connectivity index (χ0n) is 11.3. The Morgan fingerprint density at radius 3 is 2.55 bits per heavy atom. The summed E-state index contributed by atoms with van der Waals surface area (Å²) in [4.78, 5) is 25.3. The van der Waals surface area contributed by atoms with E-state index in [2.05, 4.69) is 9.73 Å². The van der Waals surface area contributed by atoms with Gasteiger partial charge in [-0.1, -0.05) is 17.7 Å². The number of rotatable bonds is 6. The van der Waals surface area contributed by atoms with E-state index in [1.807, 2.05) is 0 Å². The van der Waals surface area contributed by atoms with Crippen molar-refractivity contribution < 1.29 is 23.8 Å². The van der Waals surface area contributed by atoms with Crippen molar-refractivity contribution in [1.82, 2.24) is 0 Å². The highest BCUT2D eigenvalue weighted by atomic mass is 35.5. The van der Waals surface area contributed by atoms with E-state index in [1.54, 1.807) is 12.1 Å². The number of carbonyl (C=O) groups is 1. The van der Waals surface area contributed by atoms with Crippen LogP contribution >= 0.6 is 11.6 Å². The number of hydrogen-bond donors (Lipinski definition) is 0. The number of hydrogen-bond acceptors (Lipinski definition) is 6. The zero-order chi connectivity index (χ0) is 15.1. The summed E-state index contributed by atoms with van der Waals surface area (Å²) in [6.45, 7) is 0. The molecule has 1 rings (SSSR count). The summed E-state index contributed by atoms with van der Waals surface area (Å²) in [6, 6.07) is 2.33. The summed E-state index contributed by atoms with van der Waals surface area (Å²) >= 11 is 6.19. The van der Waals surface area contributed by atoms with Crippen LogP contribution in [0.3, 0.4) is 0 Å². The third-order valence-electron chi connectivity index (χ3n) is 2.66. The summed E-state index contributed by atoms with van der Waals surface area (Å²) in [5, 5.41) is 0.293. The highest BCUT2D eigenvalue weighted by molar-refractivity contribution is 6.33. The highest BCUT2D eigenvalue weighted by Gasteiger charge is 2.22. The Labute approximate surface area is 121 Å². The number of aliphatic imine (C=N–C) groups is 1. The van der Waals surface area contributed by atoms with Gasteiger partial charge in [0.05, 0.1) is 26.4 Å². The molecule has 0 radical (unpaired) electrons. The summed E-state index contributed by atoms with van der Waals surface area (Å²) < 4.78 is 14.8. The van der Waals surface area contributed by atoms with Crippen LogP contribution in [0.25, 0.3) is 0 Å². The first kappa shape index (κ1) is 16.0. The predicted octanol–water partition coefficient (Wildman–Crippen LogP) is 1.78. The van der Waals surface area contributed by atoms with Gasteiger partial charge in [0.2, 0.25) is 6.08 Å². The molecule has 0 aliphatic heterocycles. The van der Waals surface area contributed by atoms with Crippen molar-refractivity contribution in [3.05, 3.63) is 22.7 Å². The van der Waals surface area contributed by atoms with E-state index in [0.29, 0.717) is 22.1 Å². The van der Waals surface area contributed by atoms with Crippen LogP contribution in [0.4, 0.5) is 0 Å². The Morgan fingerprint density at radius 2 is 2.05 bits per heavy atom. The molecular weight excluding hydrogens is 286 g/mol. The molecule has 0 aliphatic rings. The number of carbonyl (C=O) groups excluding carboxylic acids is 2. The molecule has 0 spiro atoms. The second-order valence-electron chi connectivity index (χ2n) is 3.74. The van der Waals surface area contributed by atoms with Crippen molar-refractivity contribution in [3.63, 3.8) is 0 Å². The van der Waals surface area contributed by atoms with E-state index in [1.165, 1.54) is 27.4 Å². The third kappa shape index (κ3) is 3.50. The van der Waals surface area contributed by atoms with Gasteiger partial charge < -0.3 is 14.2 Å². The SMILES string of the molecule is COC(=O)C(Cc1ccc(OC)c(OC)c1Cl)N=C=O. The largest absolute Gasteiger partial charge is 0.493 e. The van der Waals surface area contributed by atoms with Gasteiger partial charge in [-0.05, 0) is 11.6 Å². The van der Waals surface area contributed by atoms with Crippen LogP contribution in [0.15, 0.2) is 17.1 Å². The molecule has 0 aliphatic carbocycles.